The Morgan fingerprint density at radius 2 is 1.67 bits per heavy atom. The molecule has 1 unspecified atom stereocenters. The van der Waals surface area contributed by atoms with Crippen LogP contribution in [0.25, 0.3) is 5.65 Å². The van der Waals surface area contributed by atoms with Gasteiger partial charge in [-0.15, -0.1) is 14.8 Å². The number of aromatic nitrogens is 5. The molecule has 1 aromatic carbocycles. The van der Waals surface area contributed by atoms with Gasteiger partial charge in [-0.25, -0.2) is 0 Å². The van der Waals surface area contributed by atoms with Crippen molar-refractivity contribution in [3.63, 3.8) is 0 Å². The van der Waals surface area contributed by atoms with E-state index in [2.05, 4.69) is 71.0 Å². The van der Waals surface area contributed by atoms with Crippen LogP contribution < -0.4 is 5.32 Å². The molecule has 0 amide bonds. The Bertz CT molecular complexity index is 731. The Morgan fingerprint density at radius 1 is 0.952 bits per heavy atom. The standard InChI is InChI=1S/C15H18N6/c1-10(2)12-4-6-13(7-5-12)11(3)16-14-8-9-15-17-19-20-21(15)18-14/h4-11H,1-3H3,(H,16,18). The Morgan fingerprint density at radius 3 is 2.38 bits per heavy atom. The SMILES string of the molecule is CC(C)c1ccc(C(C)Nc2ccc3nnnn3n2)cc1. The third-order valence-corrected chi connectivity index (χ3v) is 3.54. The number of hydrogen-bond acceptors (Lipinski definition) is 5. The van der Waals surface area contributed by atoms with Crippen molar-refractivity contribution in [1.82, 2.24) is 25.3 Å². The van der Waals surface area contributed by atoms with Crippen molar-refractivity contribution in [2.45, 2.75) is 32.7 Å². The molecule has 0 fully saturated rings. The number of tetrazole rings is 1. The second-order valence-corrected chi connectivity index (χ2v) is 5.43. The minimum Gasteiger partial charge on any atom is -0.362 e. The maximum atomic E-state index is 4.32. The monoisotopic (exact) mass is 282 g/mol. The number of nitrogens with zero attached hydrogens (tertiary/aromatic N) is 5. The number of benzene rings is 1. The van der Waals surface area contributed by atoms with E-state index in [4.69, 9.17) is 0 Å². The molecule has 6 heteroatoms. The summed E-state index contributed by atoms with van der Waals surface area (Å²) in [6, 6.07) is 12.5. The molecule has 0 bridgehead atoms. The molecule has 2 aromatic heterocycles. The molecular formula is C15H18N6. The van der Waals surface area contributed by atoms with E-state index < -0.39 is 0 Å². The fourth-order valence-corrected chi connectivity index (χ4v) is 2.20. The first-order valence-electron chi connectivity index (χ1n) is 7.05. The number of nitrogens with one attached hydrogen (secondary N) is 1. The second kappa shape index (κ2) is 5.47. The highest BCUT2D eigenvalue weighted by molar-refractivity contribution is 5.44. The Labute approximate surface area is 123 Å². The van der Waals surface area contributed by atoms with Gasteiger partial charge in [0.05, 0.1) is 0 Å². The highest BCUT2D eigenvalue weighted by Crippen LogP contribution is 2.21. The molecule has 0 aliphatic rings. The zero-order valence-corrected chi connectivity index (χ0v) is 12.4. The van der Waals surface area contributed by atoms with Gasteiger partial charge in [0.2, 0.25) is 0 Å². The minimum atomic E-state index is 0.160. The third kappa shape index (κ3) is 2.84. The van der Waals surface area contributed by atoms with Gasteiger partial charge in [0.1, 0.15) is 5.82 Å². The van der Waals surface area contributed by atoms with Crippen molar-refractivity contribution in [2.75, 3.05) is 5.32 Å². The zero-order valence-electron chi connectivity index (χ0n) is 12.4. The Kier molecular flexibility index (Phi) is 3.51. The molecule has 108 valence electrons. The van der Waals surface area contributed by atoms with Crippen molar-refractivity contribution in [3.8, 4) is 0 Å². The maximum Gasteiger partial charge on any atom is 0.200 e. The van der Waals surface area contributed by atoms with E-state index in [0.29, 0.717) is 11.6 Å². The molecule has 2 heterocycles. The first-order valence-corrected chi connectivity index (χ1v) is 7.05. The van der Waals surface area contributed by atoms with Gasteiger partial charge in [0, 0.05) is 6.04 Å². The fraction of sp³-hybridized carbons (Fsp3) is 0.333. The van der Waals surface area contributed by atoms with Crippen LogP contribution in [-0.4, -0.2) is 25.3 Å². The van der Waals surface area contributed by atoms with Crippen LogP contribution in [0.2, 0.25) is 0 Å². The predicted octanol–water partition coefficient (Wildman–Crippen LogP) is 2.82. The van der Waals surface area contributed by atoms with Gasteiger partial charge in [-0.3, -0.25) is 0 Å². The number of rotatable bonds is 4. The summed E-state index contributed by atoms with van der Waals surface area (Å²) in [6.07, 6.45) is 0. The molecule has 21 heavy (non-hydrogen) atoms. The number of fused-ring (bicyclic) bond motifs is 1. The first-order chi connectivity index (χ1) is 10.1. The van der Waals surface area contributed by atoms with Crippen LogP contribution in [0, 0.1) is 0 Å². The van der Waals surface area contributed by atoms with Gasteiger partial charge >= 0.3 is 0 Å². The van der Waals surface area contributed by atoms with Crippen molar-refractivity contribution in [2.24, 2.45) is 0 Å². The van der Waals surface area contributed by atoms with Crippen molar-refractivity contribution in [1.29, 1.82) is 0 Å². The lowest BCUT2D eigenvalue weighted by Crippen LogP contribution is -2.09. The van der Waals surface area contributed by atoms with Gasteiger partial charge in [-0.1, -0.05) is 38.1 Å². The zero-order chi connectivity index (χ0) is 14.8. The predicted molar refractivity (Wildman–Crippen MR) is 81.1 cm³/mol. The van der Waals surface area contributed by atoms with Crippen molar-refractivity contribution in [3.05, 3.63) is 47.5 Å². The summed E-state index contributed by atoms with van der Waals surface area (Å²) in [5.41, 5.74) is 3.20. The molecule has 0 aliphatic carbocycles. The quantitative estimate of drug-likeness (QED) is 0.797. The highest BCUT2D eigenvalue weighted by Gasteiger charge is 2.08. The van der Waals surface area contributed by atoms with E-state index in [-0.39, 0.29) is 6.04 Å². The van der Waals surface area contributed by atoms with E-state index in [9.17, 15) is 0 Å². The molecule has 6 nitrogen and oxygen atoms in total. The summed E-state index contributed by atoms with van der Waals surface area (Å²) in [5.74, 6) is 1.29. The normalized spacial score (nSPS) is 12.8. The second-order valence-electron chi connectivity index (χ2n) is 5.43. The summed E-state index contributed by atoms with van der Waals surface area (Å²) in [6.45, 7) is 6.50. The Balaban J connectivity index is 1.76. The molecular weight excluding hydrogens is 264 g/mol. The van der Waals surface area contributed by atoms with E-state index in [0.717, 1.165) is 5.82 Å². The van der Waals surface area contributed by atoms with Crippen molar-refractivity contribution < 1.29 is 0 Å². The number of anilines is 1. The van der Waals surface area contributed by atoms with E-state index in [1.165, 1.54) is 15.8 Å². The minimum absolute atomic E-state index is 0.160. The molecule has 0 saturated heterocycles. The largest absolute Gasteiger partial charge is 0.362 e. The average Bonchev–Trinajstić information content (AvgIpc) is 2.95. The lowest BCUT2D eigenvalue weighted by molar-refractivity contribution is 0.728. The fourth-order valence-electron chi connectivity index (χ4n) is 2.20. The Hall–Kier alpha value is -2.50. The van der Waals surface area contributed by atoms with E-state index in [1.807, 2.05) is 12.1 Å². The van der Waals surface area contributed by atoms with Gasteiger partial charge in [0.25, 0.3) is 0 Å². The molecule has 1 N–H and O–H groups in total. The molecule has 1 atom stereocenters. The first kappa shape index (κ1) is 13.5. The molecule has 0 saturated carbocycles. The molecule has 0 radical (unpaired) electrons. The van der Waals surface area contributed by atoms with Crippen LogP contribution in [0.3, 0.4) is 0 Å². The third-order valence-electron chi connectivity index (χ3n) is 3.54. The van der Waals surface area contributed by atoms with Gasteiger partial charge in [-0.2, -0.15) is 0 Å². The summed E-state index contributed by atoms with van der Waals surface area (Å²) in [5, 5.41) is 18.9. The van der Waals surface area contributed by atoms with Crippen LogP contribution in [0.1, 0.15) is 43.9 Å². The molecule has 3 aromatic rings. The average molecular weight is 282 g/mol. The topological polar surface area (TPSA) is 68.0 Å². The number of hydrogen-bond donors (Lipinski definition) is 1. The summed E-state index contributed by atoms with van der Waals surface area (Å²) in [4.78, 5) is 0. The lowest BCUT2D eigenvalue weighted by atomic mass is 10.00. The van der Waals surface area contributed by atoms with Crippen molar-refractivity contribution >= 4 is 11.5 Å². The smallest absolute Gasteiger partial charge is 0.200 e. The lowest BCUT2D eigenvalue weighted by Gasteiger charge is -2.15. The molecule has 0 aliphatic heterocycles. The summed E-state index contributed by atoms with van der Waals surface area (Å²) >= 11 is 0. The maximum absolute atomic E-state index is 4.32. The van der Waals surface area contributed by atoms with Gasteiger partial charge in [0.15, 0.2) is 5.65 Å². The van der Waals surface area contributed by atoms with Crippen LogP contribution in [0.4, 0.5) is 5.82 Å². The van der Waals surface area contributed by atoms with Crippen LogP contribution >= 0.6 is 0 Å². The van der Waals surface area contributed by atoms with E-state index >= 15 is 0 Å². The molecule has 0 spiro atoms. The highest BCUT2D eigenvalue weighted by atomic mass is 15.6. The van der Waals surface area contributed by atoms with Crippen LogP contribution in [0.15, 0.2) is 36.4 Å². The summed E-state index contributed by atoms with van der Waals surface area (Å²) in [7, 11) is 0. The van der Waals surface area contributed by atoms with E-state index in [1.54, 1.807) is 0 Å². The molecule has 3 rings (SSSR count). The van der Waals surface area contributed by atoms with Gasteiger partial charge < -0.3 is 5.32 Å². The van der Waals surface area contributed by atoms with Crippen LogP contribution in [-0.2, 0) is 0 Å². The van der Waals surface area contributed by atoms with Gasteiger partial charge in [-0.05, 0) is 46.5 Å². The summed E-state index contributed by atoms with van der Waals surface area (Å²) < 4.78 is 1.41. The van der Waals surface area contributed by atoms with Crippen LogP contribution in [0.5, 0.6) is 0 Å².